The van der Waals surface area contributed by atoms with Crippen LogP contribution in [0.3, 0.4) is 0 Å². The minimum absolute atomic E-state index is 0.110. The lowest BCUT2D eigenvalue weighted by atomic mass is 10.1. The average Bonchev–Trinajstić information content (AvgIpc) is 2.47. The van der Waals surface area contributed by atoms with E-state index >= 15 is 0 Å². The molecule has 0 unspecified atom stereocenters. The topological polar surface area (TPSA) is 57.0 Å². The summed E-state index contributed by atoms with van der Waals surface area (Å²) in [7, 11) is 1.75. The van der Waals surface area contributed by atoms with Gasteiger partial charge >= 0.3 is 0 Å². The first-order chi connectivity index (χ1) is 9.63. The molecule has 0 radical (unpaired) electrons. The molecule has 2 aromatic rings. The smallest absolute Gasteiger partial charge is 0.258 e. The summed E-state index contributed by atoms with van der Waals surface area (Å²) in [5.41, 5.74) is 3.05. The Hall–Kier alpha value is -2.67. The van der Waals surface area contributed by atoms with E-state index in [1.807, 2.05) is 37.3 Å². The molecule has 0 atom stereocenters. The average molecular weight is 265 g/mol. The molecule has 0 fully saturated rings. The van der Waals surface area contributed by atoms with Crippen LogP contribution in [0.25, 0.3) is 0 Å². The number of carbonyl (C=O) groups excluding carboxylic acids is 1. The van der Waals surface area contributed by atoms with Gasteiger partial charge in [0.05, 0.1) is 18.2 Å². The van der Waals surface area contributed by atoms with E-state index < -0.39 is 0 Å². The molecule has 100 valence electrons. The van der Waals surface area contributed by atoms with Crippen molar-refractivity contribution in [3.05, 3.63) is 59.4 Å². The summed E-state index contributed by atoms with van der Waals surface area (Å²) < 4.78 is 0. The normalized spacial score (nSPS) is 9.85. The van der Waals surface area contributed by atoms with E-state index in [-0.39, 0.29) is 12.3 Å². The number of pyridine rings is 1. The first-order valence-corrected chi connectivity index (χ1v) is 6.29. The Morgan fingerprint density at radius 2 is 2.10 bits per heavy atom. The minimum atomic E-state index is -0.110. The van der Waals surface area contributed by atoms with E-state index in [0.29, 0.717) is 11.3 Å². The highest BCUT2D eigenvalue weighted by molar-refractivity contribution is 6.06. The monoisotopic (exact) mass is 265 g/mol. The Bertz CT molecular complexity index is 673. The number of benzene rings is 1. The van der Waals surface area contributed by atoms with Crippen LogP contribution in [0.2, 0.25) is 0 Å². The maximum atomic E-state index is 12.5. The van der Waals surface area contributed by atoms with Gasteiger partial charge in [0.15, 0.2) is 0 Å². The van der Waals surface area contributed by atoms with Gasteiger partial charge in [0, 0.05) is 24.5 Å². The molecular weight excluding hydrogens is 250 g/mol. The Morgan fingerprint density at radius 3 is 2.80 bits per heavy atom. The Kier molecular flexibility index (Phi) is 4.11. The van der Waals surface area contributed by atoms with Gasteiger partial charge in [0.2, 0.25) is 0 Å². The molecule has 4 nitrogen and oxygen atoms in total. The van der Waals surface area contributed by atoms with Crippen molar-refractivity contribution in [1.29, 1.82) is 5.26 Å². The Labute approximate surface area is 118 Å². The van der Waals surface area contributed by atoms with Crippen LogP contribution in [0.1, 0.15) is 21.6 Å². The summed E-state index contributed by atoms with van der Waals surface area (Å²) in [6.07, 6.45) is 1.76. The summed E-state index contributed by atoms with van der Waals surface area (Å²) in [5, 5.41) is 8.69. The van der Waals surface area contributed by atoms with Gasteiger partial charge in [0.1, 0.15) is 0 Å². The highest BCUT2D eigenvalue weighted by Gasteiger charge is 2.15. The second kappa shape index (κ2) is 5.98. The number of nitrogens with zero attached hydrogens (tertiary/aromatic N) is 3. The summed E-state index contributed by atoms with van der Waals surface area (Å²) in [5.74, 6) is -0.110. The molecule has 0 N–H and O–H groups in total. The van der Waals surface area contributed by atoms with Crippen molar-refractivity contribution < 1.29 is 4.79 Å². The molecule has 20 heavy (non-hydrogen) atoms. The van der Waals surface area contributed by atoms with Crippen molar-refractivity contribution in [1.82, 2.24) is 4.98 Å². The summed E-state index contributed by atoms with van der Waals surface area (Å²) in [6.45, 7) is 1.97. The maximum Gasteiger partial charge on any atom is 0.258 e. The number of hydrogen-bond donors (Lipinski definition) is 0. The summed E-state index contributed by atoms with van der Waals surface area (Å²) >= 11 is 0. The molecule has 0 aliphatic carbocycles. The summed E-state index contributed by atoms with van der Waals surface area (Å²) in [6, 6.07) is 13.1. The quantitative estimate of drug-likeness (QED) is 0.857. The number of aryl methyl sites for hydroxylation is 1. The van der Waals surface area contributed by atoms with Gasteiger partial charge in [-0.15, -0.1) is 0 Å². The second-order valence-corrected chi connectivity index (χ2v) is 4.52. The third kappa shape index (κ3) is 2.83. The highest BCUT2D eigenvalue weighted by atomic mass is 16.2. The summed E-state index contributed by atoms with van der Waals surface area (Å²) in [4.78, 5) is 18.1. The van der Waals surface area contributed by atoms with Crippen molar-refractivity contribution in [2.24, 2.45) is 0 Å². The van der Waals surface area contributed by atoms with E-state index in [4.69, 9.17) is 5.26 Å². The third-order valence-electron chi connectivity index (χ3n) is 3.11. The maximum absolute atomic E-state index is 12.5. The van der Waals surface area contributed by atoms with Gasteiger partial charge in [-0.25, -0.2) is 0 Å². The predicted molar refractivity (Wildman–Crippen MR) is 77.5 cm³/mol. The van der Waals surface area contributed by atoms with Crippen LogP contribution in [0.15, 0.2) is 42.6 Å². The molecule has 0 saturated heterocycles. The number of aromatic nitrogens is 1. The number of rotatable bonds is 3. The number of carbonyl (C=O) groups is 1. The minimum Gasteiger partial charge on any atom is -0.311 e. The highest BCUT2D eigenvalue weighted by Crippen LogP contribution is 2.20. The fourth-order valence-corrected chi connectivity index (χ4v) is 2.03. The van der Waals surface area contributed by atoms with E-state index in [1.165, 1.54) is 0 Å². The predicted octanol–water partition coefficient (Wildman–Crippen LogP) is 2.73. The molecular formula is C16H15N3O. The zero-order valence-corrected chi connectivity index (χ0v) is 11.5. The molecule has 1 heterocycles. The largest absolute Gasteiger partial charge is 0.311 e. The number of para-hydroxylation sites is 1. The molecule has 4 heteroatoms. The van der Waals surface area contributed by atoms with E-state index in [0.717, 1.165) is 11.3 Å². The van der Waals surface area contributed by atoms with Crippen molar-refractivity contribution in [3.63, 3.8) is 0 Å². The molecule has 0 saturated carbocycles. The van der Waals surface area contributed by atoms with Gasteiger partial charge in [-0.2, -0.15) is 5.26 Å². The van der Waals surface area contributed by atoms with Crippen LogP contribution < -0.4 is 4.90 Å². The molecule has 0 spiro atoms. The van der Waals surface area contributed by atoms with Gasteiger partial charge in [0.25, 0.3) is 5.91 Å². The van der Waals surface area contributed by atoms with Crippen molar-refractivity contribution in [2.45, 2.75) is 13.3 Å². The molecule has 1 aromatic heterocycles. The van der Waals surface area contributed by atoms with Crippen LogP contribution in [0.4, 0.5) is 5.69 Å². The lowest BCUT2D eigenvalue weighted by Crippen LogP contribution is -2.27. The van der Waals surface area contributed by atoms with E-state index in [2.05, 4.69) is 4.98 Å². The third-order valence-corrected chi connectivity index (χ3v) is 3.11. The van der Waals surface area contributed by atoms with Crippen LogP contribution >= 0.6 is 0 Å². The van der Waals surface area contributed by atoms with Gasteiger partial charge in [-0.3, -0.25) is 9.78 Å². The standard InChI is InChI=1S/C16H15N3O/c1-12-5-3-4-6-15(12)19(2)16(20)13-8-10-18-14(11-13)7-9-17/h3-6,8,10-11H,7H2,1-2H3. The molecule has 0 bridgehead atoms. The number of nitriles is 1. The number of hydrogen-bond acceptors (Lipinski definition) is 3. The zero-order valence-electron chi connectivity index (χ0n) is 11.5. The Balaban J connectivity index is 2.30. The zero-order chi connectivity index (χ0) is 14.5. The fourth-order valence-electron chi connectivity index (χ4n) is 2.03. The fraction of sp³-hybridized carbons (Fsp3) is 0.188. The molecule has 0 aliphatic heterocycles. The molecule has 2 rings (SSSR count). The van der Waals surface area contributed by atoms with Crippen LogP contribution in [-0.4, -0.2) is 17.9 Å². The molecule has 1 amide bonds. The van der Waals surface area contributed by atoms with Crippen molar-refractivity contribution >= 4 is 11.6 Å². The van der Waals surface area contributed by atoms with Crippen LogP contribution in [0, 0.1) is 18.3 Å². The second-order valence-electron chi connectivity index (χ2n) is 4.52. The first-order valence-electron chi connectivity index (χ1n) is 6.29. The number of anilines is 1. The van der Waals surface area contributed by atoms with Crippen molar-refractivity contribution in [3.8, 4) is 6.07 Å². The van der Waals surface area contributed by atoms with Crippen molar-refractivity contribution in [2.75, 3.05) is 11.9 Å². The van der Waals surface area contributed by atoms with Gasteiger partial charge in [-0.05, 0) is 30.7 Å². The van der Waals surface area contributed by atoms with Crippen LogP contribution in [-0.2, 0) is 6.42 Å². The molecule has 0 aliphatic rings. The lowest BCUT2D eigenvalue weighted by Gasteiger charge is -2.19. The Morgan fingerprint density at radius 1 is 1.35 bits per heavy atom. The first kappa shape index (κ1) is 13.8. The SMILES string of the molecule is Cc1ccccc1N(C)C(=O)c1ccnc(CC#N)c1. The lowest BCUT2D eigenvalue weighted by molar-refractivity contribution is 0.0992. The van der Waals surface area contributed by atoms with Gasteiger partial charge in [-0.1, -0.05) is 18.2 Å². The van der Waals surface area contributed by atoms with E-state index in [1.54, 1.807) is 30.3 Å². The van der Waals surface area contributed by atoms with Crippen LogP contribution in [0.5, 0.6) is 0 Å². The van der Waals surface area contributed by atoms with E-state index in [9.17, 15) is 4.79 Å². The number of amides is 1. The van der Waals surface area contributed by atoms with Gasteiger partial charge < -0.3 is 4.90 Å². The molecule has 1 aromatic carbocycles.